The van der Waals surface area contributed by atoms with Gasteiger partial charge in [0.25, 0.3) is 0 Å². The fraction of sp³-hybridized carbons (Fsp3) is 0.200. The summed E-state index contributed by atoms with van der Waals surface area (Å²) in [7, 11) is 0. The maximum absolute atomic E-state index is 10.6. The molecule has 0 aliphatic rings. The van der Waals surface area contributed by atoms with Crippen LogP contribution in [-0.4, -0.2) is 23.4 Å². The first-order chi connectivity index (χ1) is 6.57. The number of carboxylic acid groups (broad SMARTS) is 1. The van der Waals surface area contributed by atoms with Gasteiger partial charge in [-0.1, -0.05) is 30.3 Å². The van der Waals surface area contributed by atoms with E-state index in [1.165, 1.54) is 0 Å². The highest BCUT2D eigenvalue weighted by Crippen LogP contribution is 1.97. The van der Waals surface area contributed by atoms with Crippen LogP contribution < -0.4 is 5.73 Å². The van der Waals surface area contributed by atoms with Crippen molar-refractivity contribution in [1.82, 2.24) is 0 Å². The normalized spacial score (nSPS) is 8.43. The molecule has 0 saturated carbocycles. The largest absolute Gasteiger partial charge is 0.480 e. The number of Topliss-reactive ketones (excluding diaryl/α,β-unsaturated/α-hetero) is 1. The average molecular weight is 195 g/mol. The molecule has 4 nitrogen and oxygen atoms in total. The third-order valence-corrected chi connectivity index (χ3v) is 1.35. The Balaban J connectivity index is 0.000000292. The summed E-state index contributed by atoms with van der Waals surface area (Å²) < 4.78 is 0. The Bertz CT molecular complexity index is 295. The molecule has 0 unspecified atom stereocenters. The second-order valence-corrected chi connectivity index (χ2v) is 2.52. The van der Waals surface area contributed by atoms with Crippen molar-refractivity contribution in [3.05, 3.63) is 35.9 Å². The second-order valence-electron chi connectivity index (χ2n) is 2.52. The van der Waals surface area contributed by atoms with Gasteiger partial charge >= 0.3 is 5.97 Å². The van der Waals surface area contributed by atoms with Crippen molar-refractivity contribution >= 4 is 11.8 Å². The Morgan fingerprint density at radius 3 is 1.93 bits per heavy atom. The fourth-order valence-electron chi connectivity index (χ4n) is 0.673. The molecule has 3 N–H and O–H groups in total. The van der Waals surface area contributed by atoms with E-state index in [4.69, 9.17) is 5.11 Å². The molecule has 0 spiro atoms. The molecule has 0 atom stereocenters. The van der Waals surface area contributed by atoms with Gasteiger partial charge in [-0.3, -0.25) is 9.59 Å². The van der Waals surface area contributed by atoms with Crippen molar-refractivity contribution in [2.45, 2.75) is 6.92 Å². The van der Waals surface area contributed by atoms with Gasteiger partial charge in [0, 0.05) is 5.56 Å². The van der Waals surface area contributed by atoms with Gasteiger partial charge in [-0.2, -0.15) is 0 Å². The molecule has 4 heteroatoms. The van der Waals surface area contributed by atoms with Gasteiger partial charge in [-0.05, 0) is 6.92 Å². The maximum atomic E-state index is 10.6. The third-order valence-electron chi connectivity index (χ3n) is 1.35. The Morgan fingerprint density at radius 1 is 1.29 bits per heavy atom. The summed E-state index contributed by atoms with van der Waals surface area (Å²) in [6.45, 7) is 1.29. The molecule has 0 fully saturated rings. The maximum Gasteiger partial charge on any atom is 0.317 e. The van der Waals surface area contributed by atoms with Crippen LogP contribution in [0.5, 0.6) is 0 Å². The van der Waals surface area contributed by atoms with Crippen molar-refractivity contribution in [3.63, 3.8) is 0 Å². The zero-order valence-electron chi connectivity index (χ0n) is 7.93. The van der Waals surface area contributed by atoms with E-state index in [9.17, 15) is 9.59 Å². The van der Waals surface area contributed by atoms with E-state index in [1.54, 1.807) is 6.92 Å². The molecule has 1 aromatic rings. The minimum atomic E-state index is -0.968. The summed E-state index contributed by atoms with van der Waals surface area (Å²) in [5.41, 5.74) is 5.35. The molecule has 0 aliphatic heterocycles. The second kappa shape index (κ2) is 6.80. The number of ketones is 1. The summed E-state index contributed by atoms with van der Waals surface area (Å²) in [4.78, 5) is 19.9. The Labute approximate surface area is 82.4 Å². The fourth-order valence-corrected chi connectivity index (χ4v) is 0.673. The van der Waals surface area contributed by atoms with Crippen LogP contribution >= 0.6 is 0 Å². The minimum Gasteiger partial charge on any atom is -0.480 e. The average Bonchev–Trinajstić information content (AvgIpc) is 2.20. The highest BCUT2D eigenvalue weighted by molar-refractivity contribution is 5.93. The van der Waals surface area contributed by atoms with Gasteiger partial charge < -0.3 is 10.8 Å². The highest BCUT2D eigenvalue weighted by atomic mass is 16.4. The lowest BCUT2D eigenvalue weighted by Gasteiger charge is -1.89. The third kappa shape index (κ3) is 5.91. The van der Waals surface area contributed by atoms with Crippen LogP contribution in [0.25, 0.3) is 0 Å². The molecule has 0 aromatic heterocycles. The molecule has 14 heavy (non-hydrogen) atoms. The lowest BCUT2D eigenvalue weighted by atomic mass is 10.2. The van der Waals surface area contributed by atoms with E-state index in [0.29, 0.717) is 0 Å². The summed E-state index contributed by atoms with van der Waals surface area (Å²) in [6, 6.07) is 9.23. The van der Waals surface area contributed by atoms with E-state index in [-0.39, 0.29) is 12.3 Å². The Kier molecular flexibility index (Phi) is 5.98. The molecule has 76 valence electrons. The molecule has 1 aromatic carbocycles. The number of benzene rings is 1. The summed E-state index contributed by atoms with van der Waals surface area (Å²) in [5.74, 6) is -0.847. The molecule has 0 radical (unpaired) electrons. The van der Waals surface area contributed by atoms with Gasteiger partial charge in [0.15, 0.2) is 5.78 Å². The first-order valence-electron chi connectivity index (χ1n) is 4.05. The van der Waals surface area contributed by atoms with Crippen molar-refractivity contribution in [2.24, 2.45) is 5.73 Å². The van der Waals surface area contributed by atoms with E-state index < -0.39 is 5.97 Å². The molecular weight excluding hydrogens is 182 g/mol. The van der Waals surface area contributed by atoms with Crippen LogP contribution in [0, 0.1) is 0 Å². The lowest BCUT2D eigenvalue weighted by molar-refractivity contribution is -0.135. The molecule has 0 bridgehead atoms. The number of nitrogens with two attached hydrogens (primary N) is 1. The van der Waals surface area contributed by atoms with Crippen LogP contribution in [0.3, 0.4) is 0 Å². The Morgan fingerprint density at radius 2 is 1.71 bits per heavy atom. The number of carbonyl (C=O) groups is 2. The molecule has 0 amide bonds. The first-order valence-corrected chi connectivity index (χ1v) is 4.05. The minimum absolute atomic E-state index is 0.121. The van der Waals surface area contributed by atoms with E-state index in [1.807, 2.05) is 30.3 Å². The summed E-state index contributed by atoms with van der Waals surface area (Å²) in [5, 5.41) is 7.60. The number of carboxylic acids is 1. The highest BCUT2D eigenvalue weighted by Gasteiger charge is 1.92. The van der Waals surface area contributed by atoms with Crippen molar-refractivity contribution < 1.29 is 14.7 Å². The van der Waals surface area contributed by atoms with Crippen LogP contribution in [0.4, 0.5) is 0 Å². The molecular formula is C10H13NO3. The van der Waals surface area contributed by atoms with Crippen molar-refractivity contribution in [3.8, 4) is 0 Å². The predicted octanol–water partition coefficient (Wildman–Crippen LogP) is 0.919. The topological polar surface area (TPSA) is 80.4 Å². The standard InChI is InChI=1S/C8H8O.C2H5NO2/c1-7(9)8-5-3-2-4-6-8;3-1-2(4)5/h2-6H,1H3;1,3H2,(H,4,5). The van der Waals surface area contributed by atoms with Crippen molar-refractivity contribution in [1.29, 1.82) is 0 Å². The monoisotopic (exact) mass is 195 g/mol. The van der Waals surface area contributed by atoms with Gasteiger partial charge in [0.1, 0.15) is 0 Å². The van der Waals surface area contributed by atoms with Crippen LogP contribution in [0.1, 0.15) is 17.3 Å². The Hall–Kier alpha value is -1.68. The summed E-state index contributed by atoms with van der Waals surface area (Å²) in [6.07, 6.45) is 0. The van der Waals surface area contributed by atoms with E-state index in [0.717, 1.165) is 5.56 Å². The zero-order chi connectivity index (χ0) is 11.0. The SMILES string of the molecule is CC(=O)c1ccccc1.NCC(=O)O. The van der Waals surface area contributed by atoms with Gasteiger partial charge in [-0.25, -0.2) is 0 Å². The number of aliphatic carboxylic acids is 1. The van der Waals surface area contributed by atoms with Crippen LogP contribution in [0.15, 0.2) is 30.3 Å². The van der Waals surface area contributed by atoms with Gasteiger partial charge in [0.2, 0.25) is 0 Å². The molecule has 0 aliphatic carbocycles. The smallest absolute Gasteiger partial charge is 0.317 e. The molecule has 0 heterocycles. The van der Waals surface area contributed by atoms with Crippen LogP contribution in [0.2, 0.25) is 0 Å². The van der Waals surface area contributed by atoms with Crippen molar-refractivity contribution in [2.75, 3.05) is 6.54 Å². The zero-order valence-corrected chi connectivity index (χ0v) is 7.93. The number of hydrogen-bond acceptors (Lipinski definition) is 3. The van der Waals surface area contributed by atoms with Gasteiger partial charge in [0.05, 0.1) is 6.54 Å². The molecule has 0 saturated heterocycles. The number of rotatable bonds is 2. The lowest BCUT2D eigenvalue weighted by Crippen LogP contribution is -2.10. The van der Waals surface area contributed by atoms with Gasteiger partial charge in [-0.15, -0.1) is 0 Å². The van der Waals surface area contributed by atoms with E-state index >= 15 is 0 Å². The quantitative estimate of drug-likeness (QED) is 0.687. The number of carbonyl (C=O) groups excluding carboxylic acids is 1. The molecule has 1 rings (SSSR count). The predicted molar refractivity (Wildman–Crippen MR) is 53.1 cm³/mol. The first kappa shape index (κ1) is 12.3. The van der Waals surface area contributed by atoms with E-state index in [2.05, 4.69) is 5.73 Å². The van der Waals surface area contributed by atoms with Crippen LogP contribution in [-0.2, 0) is 4.79 Å². The number of hydrogen-bond donors (Lipinski definition) is 2. The summed E-state index contributed by atoms with van der Waals surface area (Å²) >= 11 is 0.